The summed E-state index contributed by atoms with van der Waals surface area (Å²) in [4.78, 5) is 7.50. The minimum Gasteiger partial charge on any atom is -0.364 e. The van der Waals surface area contributed by atoms with Crippen molar-refractivity contribution in [3.8, 4) is 11.3 Å². The third kappa shape index (κ3) is 2.98. The van der Waals surface area contributed by atoms with E-state index in [2.05, 4.69) is 36.4 Å². The van der Waals surface area contributed by atoms with Gasteiger partial charge in [0.05, 0.1) is 23.3 Å². The molecule has 0 amide bonds. The monoisotopic (exact) mass is 414 g/mol. The highest BCUT2D eigenvalue weighted by Crippen LogP contribution is 2.42. The minimum absolute atomic E-state index is 0.437. The Hall–Kier alpha value is -1.78. The Labute approximate surface area is 175 Å². The normalized spacial score (nSPS) is 19.1. The standard InChI is InChI=1S/C22H24Cl2N4/c1-12(2)19-11-28-22-18(27(19)10-14-4-5-14)8-13(3)25-21(22)20(26-28)16-7-6-15(23)9-17(16)24/h6-9,12,14,19H,4-5,10-11H2,1-3H3/t19-/m1/s1. The zero-order valence-electron chi connectivity index (χ0n) is 16.4. The molecule has 0 saturated heterocycles. The topological polar surface area (TPSA) is 34.0 Å². The first-order valence-corrected chi connectivity index (χ1v) is 10.8. The molecule has 3 heterocycles. The summed E-state index contributed by atoms with van der Waals surface area (Å²) in [5.41, 5.74) is 6.07. The molecule has 146 valence electrons. The molecule has 3 aromatic rings. The Bertz CT molecular complexity index is 1070. The third-order valence-corrected chi connectivity index (χ3v) is 6.53. The van der Waals surface area contributed by atoms with Gasteiger partial charge in [0.2, 0.25) is 0 Å². The maximum absolute atomic E-state index is 6.53. The predicted octanol–water partition coefficient (Wildman–Crippen LogP) is 5.97. The number of hydrogen-bond donors (Lipinski definition) is 0. The molecule has 0 N–H and O–H groups in total. The summed E-state index contributed by atoms with van der Waals surface area (Å²) in [5.74, 6) is 1.37. The minimum atomic E-state index is 0.437. The van der Waals surface area contributed by atoms with E-state index in [1.807, 2.05) is 12.1 Å². The van der Waals surface area contributed by atoms with Crippen LogP contribution in [0, 0.1) is 18.8 Å². The number of benzene rings is 1. The van der Waals surface area contributed by atoms with E-state index in [9.17, 15) is 0 Å². The van der Waals surface area contributed by atoms with Crippen LogP contribution in [-0.4, -0.2) is 27.4 Å². The number of aryl methyl sites for hydroxylation is 1. The lowest BCUT2D eigenvalue weighted by molar-refractivity contribution is 0.376. The van der Waals surface area contributed by atoms with Gasteiger partial charge < -0.3 is 4.90 Å². The predicted molar refractivity (Wildman–Crippen MR) is 116 cm³/mol. The highest BCUT2D eigenvalue weighted by atomic mass is 35.5. The quantitative estimate of drug-likeness (QED) is 0.527. The van der Waals surface area contributed by atoms with E-state index in [1.54, 1.807) is 6.07 Å². The summed E-state index contributed by atoms with van der Waals surface area (Å²) in [6, 6.07) is 8.24. The van der Waals surface area contributed by atoms with Gasteiger partial charge >= 0.3 is 0 Å². The number of nitrogens with zero attached hydrogens (tertiary/aromatic N) is 4. The van der Waals surface area contributed by atoms with Crippen LogP contribution in [0.3, 0.4) is 0 Å². The fraction of sp³-hybridized carbons (Fsp3) is 0.455. The molecule has 1 atom stereocenters. The molecule has 0 bridgehead atoms. The van der Waals surface area contributed by atoms with Gasteiger partial charge in [0.1, 0.15) is 16.7 Å². The summed E-state index contributed by atoms with van der Waals surface area (Å²) in [6.07, 6.45) is 2.69. The van der Waals surface area contributed by atoms with Gasteiger partial charge in [-0.1, -0.05) is 37.0 Å². The van der Waals surface area contributed by atoms with Gasteiger partial charge in [-0.15, -0.1) is 0 Å². The van der Waals surface area contributed by atoms with Crippen molar-refractivity contribution in [1.29, 1.82) is 0 Å². The van der Waals surface area contributed by atoms with E-state index in [1.165, 1.54) is 18.5 Å². The van der Waals surface area contributed by atoms with Gasteiger partial charge in [0.15, 0.2) is 0 Å². The van der Waals surface area contributed by atoms with Crippen LogP contribution >= 0.6 is 23.2 Å². The Morgan fingerprint density at radius 2 is 1.96 bits per heavy atom. The lowest BCUT2D eigenvalue weighted by Crippen LogP contribution is -2.46. The van der Waals surface area contributed by atoms with E-state index >= 15 is 0 Å². The molecule has 0 spiro atoms. The number of anilines is 1. The molecule has 4 nitrogen and oxygen atoms in total. The first kappa shape index (κ1) is 18.3. The number of halogens is 2. The van der Waals surface area contributed by atoms with Crippen LogP contribution < -0.4 is 4.90 Å². The van der Waals surface area contributed by atoms with Crippen LogP contribution in [0.2, 0.25) is 10.0 Å². The van der Waals surface area contributed by atoms with Crippen molar-refractivity contribution in [1.82, 2.24) is 14.8 Å². The van der Waals surface area contributed by atoms with Crippen LogP contribution in [0.4, 0.5) is 5.69 Å². The largest absolute Gasteiger partial charge is 0.364 e. The van der Waals surface area contributed by atoms with E-state index in [0.29, 0.717) is 22.0 Å². The van der Waals surface area contributed by atoms with Crippen molar-refractivity contribution < 1.29 is 0 Å². The van der Waals surface area contributed by atoms with Gasteiger partial charge in [-0.2, -0.15) is 5.10 Å². The third-order valence-electron chi connectivity index (χ3n) is 5.98. The second kappa shape index (κ2) is 6.64. The molecule has 5 rings (SSSR count). The Balaban J connectivity index is 1.73. The van der Waals surface area contributed by atoms with Crippen molar-refractivity contribution in [3.63, 3.8) is 0 Å². The average molecular weight is 415 g/mol. The van der Waals surface area contributed by atoms with E-state index < -0.39 is 0 Å². The summed E-state index contributed by atoms with van der Waals surface area (Å²) < 4.78 is 2.14. The van der Waals surface area contributed by atoms with Crippen LogP contribution in [0.5, 0.6) is 0 Å². The van der Waals surface area contributed by atoms with Crippen molar-refractivity contribution in [2.24, 2.45) is 11.8 Å². The summed E-state index contributed by atoms with van der Waals surface area (Å²) in [7, 11) is 0. The zero-order valence-corrected chi connectivity index (χ0v) is 17.9. The number of rotatable bonds is 4. The molecular formula is C22H24Cl2N4. The van der Waals surface area contributed by atoms with E-state index in [-0.39, 0.29) is 0 Å². The fourth-order valence-electron chi connectivity index (χ4n) is 4.34. The molecule has 28 heavy (non-hydrogen) atoms. The molecular weight excluding hydrogens is 391 g/mol. The number of hydrogen-bond acceptors (Lipinski definition) is 3. The summed E-state index contributed by atoms with van der Waals surface area (Å²) in [6.45, 7) is 8.69. The molecule has 0 unspecified atom stereocenters. The highest BCUT2D eigenvalue weighted by molar-refractivity contribution is 6.36. The van der Waals surface area contributed by atoms with Crippen LogP contribution in [0.25, 0.3) is 22.3 Å². The fourth-order valence-corrected chi connectivity index (χ4v) is 4.84. The Kier molecular flexibility index (Phi) is 4.33. The molecule has 6 heteroatoms. The average Bonchev–Trinajstić information content (AvgIpc) is 3.38. The molecule has 0 radical (unpaired) electrons. The smallest absolute Gasteiger partial charge is 0.120 e. The lowest BCUT2D eigenvalue weighted by Gasteiger charge is -2.40. The molecule has 1 aromatic carbocycles. The van der Waals surface area contributed by atoms with E-state index in [4.69, 9.17) is 33.3 Å². The van der Waals surface area contributed by atoms with Crippen LogP contribution in [-0.2, 0) is 6.54 Å². The molecule has 1 aliphatic heterocycles. The Morgan fingerprint density at radius 1 is 1.18 bits per heavy atom. The first-order valence-electron chi connectivity index (χ1n) is 10.0. The van der Waals surface area contributed by atoms with Gasteiger partial charge in [-0.25, -0.2) is 4.98 Å². The molecule has 2 aromatic heterocycles. The molecule has 2 aliphatic rings. The SMILES string of the molecule is Cc1cc2c3c(n1)c(-c1ccc(Cl)cc1Cl)nn3C[C@H](C(C)C)N2CC1CC1. The van der Waals surface area contributed by atoms with E-state index in [0.717, 1.165) is 47.0 Å². The molecule has 1 fully saturated rings. The van der Waals surface area contributed by atoms with Gasteiger partial charge in [-0.3, -0.25) is 4.68 Å². The van der Waals surface area contributed by atoms with Crippen LogP contribution in [0.15, 0.2) is 24.3 Å². The maximum atomic E-state index is 6.53. The maximum Gasteiger partial charge on any atom is 0.120 e. The second-order valence-corrected chi connectivity index (χ2v) is 9.39. The Morgan fingerprint density at radius 3 is 2.64 bits per heavy atom. The van der Waals surface area contributed by atoms with Crippen molar-refractivity contribution in [3.05, 3.63) is 40.0 Å². The number of aromatic nitrogens is 3. The van der Waals surface area contributed by atoms with Crippen molar-refractivity contribution in [2.75, 3.05) is 11.4 Å². The lowest BCUT2D eigenvalue weighted by atomic mass is 9.98. The van der Waals surface area contributed by atoms with Crippen molar-refractivity contribution in [2.45, 2.75) is 46.2 Å². The van der Waals surface area contributed by atoms with Gasteiger partial charge in [0.25, 0.3) is 0 Å². The van der Waals surface area contributed by atoms with Crippen LogP contribution in [0.1, 0.15) is 32.4 Å². The summed E-state index contributed by atoms with van der Waals surface area (Å²) in [5, 5.41) is 6.22. The molecule has 1 saturated carbocycles. The summed E-state index contributed by atoms with van der Waals surface area (Å²) >= 11 is 12.6. The number of pyridine rings is 1. The van der Waals surface area contributed by atoms with Gasteiger partial charge in [0, 0.05) is 22.8 Å². The highest BCUT2D eigenvalue weighted by Gasteiger charge is 2.36. The van der Waals surface area contributed by atoms with Gasteiger partial charge in [-0.05, 0) is 55.9 Å². The van der Waals surface area contributed by atoms with Crippen molar-refractivity contribution >= 4 is 39.9 Å². The second-order valence-electron chi connectivity index (χ2n) is 8.54. The zero-order chi connectivity index (χ0) is 19.6. The molecule has 1 aliphatic carbocycles. The first-order chi connectivity index (χ1) is 13.4.